The fourth-order valence-electron chi connectivity index (χ4n) is 3.42. The Morgan fingerprint density at radius 1 is 1.15 bits per heavy atom. The van der Waals surface area contributed by atoms with Gasteiger partial charge in [-0.3, -0.25) is 14.7 Å². The maximum Gasteiger partial charge on any atom is 0.318 e. The van der Waals surface area contributed by atoms with Gasteiger partial charge in [0, 0.05) is 30.5 Å². The van der Waals surface area contributed by atoms with Crippen LogP contribution in [0.4, 0.5) is 10.7 Å². The van der Waals surface area contributed by atoms with E-state index >= 15 is 0 Å². The Labute approximate surface area is 200 Å². The van der Waals surface area contributed by atoms with Gasteiger partial charge in [0.1, 0.15) is 12.3 Å². The van der Waals surface area contributed by atoms with Crippen LogP contribution in [0, 0.1) is 13.8 Å². The molecule has 2 aromatic carbocycles. The summed E-state index contributed by atoms with van der Waals surface area (Å²) in [5.41, 5.74) is 4.75. The van der Waals surface area contributed by atoms with Gasteiger partial charge in [0.05, 0.1) is 12.8 Å². The largest absolute Gasteiger partial charge is 0.497 e. The molecule has 0 aliphatic carbocycles. The third-order valence-corrected chi connectivity index (χ3v) is 5.41. The van der Waals surface area contributed by atoms with Crippen molar-refractivity contribution in [1.29, 1.82) is 0 Å². The first-order valence-electron chi connectivity index (χ1n) is 11.1. The van der Waals surface area contributed by atoms with E-state index < -0.39 is 0 Å². The summed E-state index contributed by atoms with van der Waals surface area (Å²) in [4.78, 5) is 31.3. The fraction of sp³-hybridized carbons (Fsp3) is 0.269. The number of hydrogen-bond donors (Lipinski definition) is 2. The summed E-state index contributed by atoms with van der Waals surface area (Å²) >= 11 is 0. The zero-order valence-corrected chi connectivity index (χ0v) is 20.1. The first kappa shape index (κ1) is 24.6. The highest BCUT2D eigenvalue weighted by atomic mass is 16.5. The summed E-state index contributed by atoms with van der Waals surface area (Å²) in [6.07, 6.45) is 3.47. The Hall–Kier alpha value is -4.07. The normalized spacial score (nSPS) is 10.5. The summed E-state index contributed by atoms with van der Waals surface area (Å²) in [6, 6.07) is 13.3. The van der Waals surface area contributed by atoms with E-state index in [1.165, 1.54) is 10.5 Å². The second-order valence-corrected chi connectivity index (χ2v) is 7.87. The van der Waals surface area contributed by atoms with Crippen LogP contribution in [0.15, 0.2) is 61.3 Å². The number of urea groups is 1. The van der Waals surface area contributed by atoms with E-state index in [2.05, 4.69) is 22.2 Å². The molecule has 8 nitrogen and oxygen atoms in total. The molecule has 2 N–H and O–H groups in total. The summed E-state index contributed by atoms with van der Waals surface area (Å²) in [7, 11) is 1.62. The van der Waals surface area contributed by atoms with Crippen molar-refractivity contribution in [3.63, 3.8) is 0 Å². The maximum absolute atomic E-state index is 12.9. The Morgan fingerprint density at radius 3 is 2.50 bits per heavy atom. The average Bonchev–Trinajstić information content (AvgIpc) is 3.24. The number of methoxy groups -OCH3 is 1. The van der Waals surface area contributed by atoms with Crippen LogP contribution < -0.4 is 15.4 Å². The number of carbonyl (C=O) groups excluding carboxylic acids is 2. The second kappa shape index (κ2) is 11.2. The van der Waals surface area contributed by atoms with Crippen LogP contribution in [-0.4, -0.2) is 53.1 Å². The van der Waals surface area contributed by atoms with E-state index in [0.717, 1.165) is 22.6 Å². The van der Waals surface area contributed by atoms with Gasteiger partial charge < -0.3 is 15.0 Å². The first-order chi connectivity index (χ1) is 16.4. The molecule has 0 saturated heterocycles. The summed E-state index contributed by atoms with van der Waals surface area (Å²) < 4.78 is 7.09. The molecule has 0 fully saturated rings. The van der Waals surface area contributed by atoms with Crippen LogP contribution in [0.1, 0.15) is 18.1 Å². The molecule has 0 saturated carbocycles. The van der Waals surface area contributed by atoms with Crippen LogP contribution in [0.25, 0.3) is 16.9 Å². The molecular weight excluding hydrogens is 430 g/mol. The number of imidazole rings is 1. The van der Waals surface area contributed by atoms with Gasteiger partial charge in [0.2, 0.25) is 11.9 Å². The molecular formula is C26H31N5O3. The number of nitrogens with zero attached hydrogens (tertiary/aromatic N) is 3. The quantitative estimate of drug-likeness (QED) is 0.465. The third kappa shape index (κ3) is 5.83. The van der Waals surface area contributed by atoms with Gasteiger partial charge in [-0.25, -0.2) is 9.78 Å². The van der Waals surface area contributed by atoms with Crippen LogP contribution in [-0.2, 0) is 4.79 Å². The molecule has 1 heterocycles. The SMILES string of the molecule is C=CCN(CC(=O)Nc1nc(-c2ccc(OC)cc2)cn1-c1ccc(C)c(C)c1)C(=O)NCC. The van der Waals surface area contributed by atoms with Crippen molar-refractivity contribution in [2.75, 3.05) is 32.1 Å². The number of anilines is 1. The molecule has 178 valence electrons. The van der Waals surface area contributed by atoms with Gasteiger partial charge in [-0.1, -0.05) is 12.1 Å². The molecule has 0 spiro atoms. The van der Waals surface area contributed by atoms with Crippen LogP contribution >= 0.6 is 0 Å². The first-order valence-corrected chi connectivity index (χ1v) is 11.1. The molecule has 0 atom stereocenters. The summed E-state index contributed by atoms with van der Waals surface area (Å²) in [5.74, 6) is 0.761. The van der Waals surface area contributed by atoms with Crippen molar-refractivity contribution in [1.82, 2.24) is 19.8 Å². The van der Waals surface area contributed by atoms with E-state index in [1.807, 2.05) is 74.0 Å². The molecule has 0 aliphatic rings. The lowest BCUT2D eigenvalue weighted by Gasteiger charge is -2.20. The number of rotatable bonds is 9. The number of nitrogens with one attached hydrogen (secondary N) is 2. The predicted molar refractivity (Wildman–Crippen MR) is 134 cm³/mol. The Kier molecular flexibility index (Phi) is 8.08. The highest BCUT2D eigenvalue weighted by Gasteiger charge is 2.19. The average molecular weight is 462 g/mol. The van der Waals surface area contributed by atoms with Crippen LogP contribution in [0.2, 0.25) is 0 Å². The molecule has 34 heavy (non-hydrogen) atoms. The topological polar surface area (TPSA) is 88.5 Å². The van der Waals surface area contributed by atoms with Crippen molar-refractivity contribution >= 4 is 17.9 Å². The second-order valence-electron chi connectivity index (χ2n) is 7.87. The standard InChI is InChI=1S/C26H31N5O3/c1-6-14-30(26(33)27-7-2)17-24(32)29-25-28-23(20-9-12-22(34-5)13-10-20)16-31(25)21-11-8-18(3)19(4)15-21/h6,8-13,15-16H,1,7,14,17H2,2-5H3,(H,27,33)(H,28,29,32). The van der Waals surface area contributed by atoms with Gasteiger partial charge in [0.25, 0.3) is 0 Å². The fourth-order valence-corrected chi connectivity index (χ4v) is 3.42. The van der Waals surface area contributed by atoms with Crippen LogP contribution in [0.5, 0.6) is 5.75 Å². The molecule has 3 aromatic rings. The minimum atomic E-state index is -0.356. The zero-order valence-electron chi connectivity index (χ0n) is 20.1. The maximum atomic E-state index is 12.9. The van der Waals surface area contributed by atoms with E-state index in [0.29, 0.717) is 18.2 Å². The highest BCUT2D eigenvalue weighted by Crippen LogP contribution is 2.27. The Bertz CT molecular complexity index is 1170. The number of benzene rings is 2. The molecule has 8 heteroatoms. The lowest BCUT2D eigenvalue weighted by molar-refractivity contribution is -0.116. The summed E-state index contributed by atoms with van der Waals surface area (Å²) in [5, 5.41) is 5.59. The van der Waals surface area contributed by atoms with Crippen molar-refractivity contribution in [3.8, 4) is 22.7 Å². The highest BCUT2D eigenvalue weighted by molar-refractivity contribution is 5.93. The van der Waals surface area contributed by atoms with Gasteiger partial charge in [-0.2, -0.15) is 0 Å². The number of hydrogen-bond acceptors (Lipinski definition) is 4. The van der Waals surface area contributed by atoms with Crippen LogP contribution in [0.3, 0.4) is 0 Å². The molecule has 3 amide bonds. The smallest absolute Gasteiger partial charge is 0.318 e. The third-order valence-electron chi connectivity index (χ3n) is 5.41. The van der Waals surface area contributed by atoms with E-state index in [1.54, 1.807) is 13.2 Å². The van der Waals surface area contributed by atoms with Gasteiger partial charge in [0.15, 0.2) is 0 Å². The minimum absolute atomic E-state index is 0.129. The minimum Gasteiger partial charge on any atom is -0.497 e. The number of carbonyl (C=O) groups is 2. The van der Waals surface area contributed by atoms with Gasteiger partial charge >= 0.3 is 6.03 Å². The molecule has 0 unspecified atom stereocenters. The van der Waals surface area contributed by atoms with E-state index in [4.69, 9.17) is 4.74 Å². The molecule has 0 aliphatic heterocycles. The molecule has 0 radical (unpaired) electrons. The van der Waals surface area contributed by atoms with Crippen molar-refractivity contribution in [3.05, 3.63) is 72.4 Å². The predicted octanol–water partition coefficient (Wildman–Crippen LogP) is 4.32. The van der Waals surface area contributed by atoms with Crippen molar-refractivity contribution in [2.24, 2.45) is 0 Å². The number of aromatic nitrogens is 2. The molecule has 0 bridgehead atoms. The number of amides is 3. The number of ether oxygens (including phenoxy) is 1. The zero-order chi connectivity index (χ0) is 24.7. The summed E-state index contributed by atoms with van der Waals surface area (Å²) in [6.45, 7) is 10.2. The van der Waals surface area contributed by atoms with Crippen molar-refractivity contribution < 1.29 is 14.3 Å². The molecule has 1 aromatic heterocycles. The Balaban J connectivity index is 1.94. The van der Waals surface area contributed by atoms with Gasteiger partial charge in [-0.05, 0) is 68.3 Å². The van der Waals surface area contributed by atoms with E-state index in [9.17, 15) is 9.59 Å². The monoisotopic (exact) mass is 461 g/mol. The number of aryl methyl sites for hydroxylation is 2. The lowest BCUT2D eigenvalue weighted by Crippen LogP contribution is -2.44. The Morgan fingerprint density at radius 2 is 1.88 bits per heavy atom. The van der Waals surface area contributed by atoms with Gasteiger partial charge in [-0.15, -0.1) is 6.58 Å². The van der Waals surface area contributed by atoms with Crippen molar-refractivity contribution in [2.45, 2.75) is 20.8 Å². The lowest BCUT2D eigenvalue weighted by atomic mass is 10.1. The van der Waals surface area contributed by atoms with E-state index in [-0.39, 0.29) is 25.0 Å². The molecule has 3 rings (SSSR count).